The van der Waals surface area contributed by atoms with Crippen LogP contribution in [0.4, 0.5) is 4.39 Å². The van der Waals surface area contributed by atoms with E-state index in [1.54, 1.807) is 26.1 Å². The summed E-state index contributed by atoms with van der Waals surface area (Å²) in [7, 11) is 1.64. The van der Waals surface area contributed by atoms with Gasteiger partial charge in [0.05, 0.1) is 5.92 Å². The van der Waals surface area contributed by atoms with Crippen molar-refractivity contribution in [2.75, 3.05) is 7.05 Å². The zero-order valence-electron chi connectivity index (χ0n) is 9.71. The maximum absolute atomic E-state index is 13.7. The Bertz CT molecular complexity index is 411. The molecule has 1 rings (SSSR count). The molecule has 0 heterocycles. The molecule has 5 heteroatoms. The fourth-order valence-electron chi connectivity index (χ4n) is 1.88. The third-order valence-corrected chi connectivity index (χ3v) is 3.26. The SMILES string of the molecule is CCC(C(=O)O)C(NC)c1cc(Br)ccc1F. The Morgan fingerprint density at radius 1 is 1.59 bits per heavy atom. The number of carboxylic acid groups (broad SMARTS) is 1. The van der Waals surface area contributed by atoms with Gasteiger partial charge in [0.15, 0.2) is 0 Å². The molecule has 2 N–H and O–H groups in total. The average Bonchev–Trinajstić information content (AvgIpc) is 2.28. The Balaban J connectivity index is 3.16. The lowest BCUT2D eigenvalue weighted by Gasteiger charge is -2.23. The molecule has 1 aromatic rings. The van der Waals surface area contributed by atoms with Crippen molar-refractivity contribution in [3.63, 3.8) is 0 Å². The first-order valence-electron chi connectivity index (χ1n) is 5.36. The van der Waals surface area contributed by atoms with E-state index in [1.165, 1.54) is 6.07 Å². The molecule has 0 amide bonds. The number of aliphatic carboxylic acids is 1. The first-order chi connectivity index (χ1) is 8.01. The maximum Gasteiger partial charge on any atom is 0.308 e. The van der Waals surface area contributed by atoms with E-state index in [4.69, 9.17) is 5.11 Å². The quantitative estimate of drug-likeness (QED) is 0.879. The van der Waals surface area contributed by atoms with E-state index < -0.39 is 23.7 Å². The van der Waals surface area contributed by atoms with Gasteiger partial charge in [0, 0.05) is 16.1 Å². The van der Waals surface area contributed by atoms with Crippen molar-refractivity contribution in [2.24, 2.45) is 5.92 Å². The monoisotopic (exact) mass is 303 g/mol. The van der Waals surface area contributed by atoms with Crippen LogP contribution in [0.15, 0.2) is 22.7 Å². The fourth-order valence-corrected chi connectivity index (χ4v) is 2.26. The predicted molar refractivity (Wildman–Crippen MR) is 67.3 cm³/mol. The van der Waals surface area contributed by atoms with E-state index in [2.05, 4.69) is 21.2 Å². The van der Waals surface area contributed by atoms with Gasteiger partial charge in [0.25, 0.3) is 0 Å². The van der Waals surface area contributed by atoms with Crippen LogP contribution in [0.5, 0.6) is 0 Å². The molecule has 17 heavy (non-hydrogen) atoms. The van der Waals surface area contributed by atoms with E-state index in [0.29, 0.717) is 12.0 Å². The number of hydrogen-bond acceptors (Lipinski definition) is 2. The van der Waals surface area contributed by atoms with Crippen LogP contribution in [0.3, 0.4) is 0 Å². The van der Waals surface area contributed by atoms with Crippen molar-refractivity contribution in [2.45, 2.75) is 19.4 Å². The van der Waals surface area contributed by atoms with Crippen molar-refractivity contribution >= 4 is 21.9 Å². The summed E-state index contributed by atoms with van der Waals surface area (Å²) in [4.78, 5) is 11.1. The number of carboxylic acids is 1. The fraction of sp³-hybridized carbons (Fsp3) is 0.417. The van der Waals surface area contributed by atoms with Crippen LogP contribution in [0.2, 0.25) is 0 Å². The van der Waals surface area contributed by atoms with Crippen LogP contribution in [0.1, 0.15) is 24.9 Å². The average molecular weight is 304 g/mol. The molecule has 0 aliphatic heterocycles. The lowest BCUT2D eigenvalue weighted by atomic mass is 9.91. The van der Waals surface area contributed by atoms with Gasteiger partial charge in [-0.25, -0.2) is 4.39 Å². The molecule has 0 aliphatic rings. The molecule has 0 saturated carbocycles. The van der Waals surface area contributed by atoms with E-state index >= 15 is 0 Å². The number of hydrogen-bond donors (Lipinski definition) is 2. The van der Waals surface area contributed by atoms with Crippen molar-refractivity contribution in [1.82, 2.24) is 5.32 Å². The summed E-state index contributed by atoms with van der Waals surface area (Å²) in [5, 5.41) is 12.0. The summed E-state index contributed by atoms with van der Waals surface area (Å²) < 4.78 is 14.4. The van der Waals surface area contributed by atoms with Gasteiger partial charge in [0.2, 0.25) is 0 Å². The normalized spacial score (nSPS) is 14.4. The number of carbonyl (C=O) groups is 1. The van der Waals surface area contributed by atoms with E-state index in [1.807, 2.05) is 0 Å². The van der Waals surface area contributed by atoms with Crippen LogP contribution >= 0.6 is 15.9 Å². The highest BCUT2D eigenvalue weighted by Gasteiger charge is 2.28. The second-order valence-electron chi connectivity index (χ2n) is 3.79. The van der Waals surface area contributed by atoms with Gasteiger partial charge in [-0.1, -0.05) is 22.9 Å². The Morgan fingerprint density at radius 2 is 2.24 bits per heavy atom. The van der Waals surface area contributed by atoms with Crippen molar-refractivity contribution < 1.29 is 14.3 Å². The number of nitrogens with one attached hydrogen (secondary N) is 1. The lowest BCUT2D eigenvalue weighted by Crippen LogP contribution is -2.31. The summed E-state index contributed by atoms with van der Waals surface area (Å²) >= 11 is 3.26. The maximum atomic E-state index is 13.7. The first-order valence-corrected chi connectivity index (χ1v) is 6.15. The molecule has 3 nitrogen and oxygen atoms in total. The predicted octanol–water partition coefficient (Wildman–Crippen LogP) is 2.96. The molecule has 0 radical (unpaired) electrons. The van der Waals surface area contributed by atoms with Gasteiger partial charge in [0.1, 0.15) is 5.82 Å². The van der Waals surface area contributed by atoms with E-state index in [0.717, 1.165) is 4.47 Å². The minimum Gasteiger partial charge on any atom is -0.481 e. The highest BCUT2D eigenvalue weighted by molar-refractivity contribution is 9.10. The summed E-state index contributed by atoms with van der Waals surface area (Å²) in [6.45, 7) is 1.78. The molecule has 94 valence electrons. The zero-order valence-corrected chi connectivity index (χ0v) is 11.3. The molecule has 1 aromatic carbocycles. The summed E-state index contributed by atoms with van der Waals surface area (Å²) in [6.07, 6.45) is 0.437. The Labute approximate surface area is 108 Å². The van der Waals surface area contributed by atoms with Crippen LogP contribution in [-0.2, 0) is 4.79 Å². The molecule has 2 atom stereocenters. The van der Waals surface area contributed by atoms with Crippen molar-refractivity contribution in [3.05, 3.63) is 34.1 Å². The lowest BCUT2D eigenvalue weighted by molar-refractivity contribution is -0.143. The number of benzene rings is 1. The molecule has 0 aliphatic carbocycles. The molecule has 2 unspecified atom stereocenters. The van der Waals surface area contributed by atoms with Crippen molar-refractivity contribution in [1.29, 1.82) is 0 Å². The molecule has 0 bridgehead atoms. The highest BCUT2D eigenvalue weighted by atomic mass is 79.9. The summed E-state index contributed by atoms with van der Waals surface area (Å²) in [5.41, 5.74) is 0.371. The Kier molecular flexibility index (Phi) is 5.08. The van der Waals surface area contributed by atoms with Gasteiger partial charge in [-0.3, -0.25) is 4.79 Å². The summed E-state index contributed by atoms with van der Waals surface area (Å²) in [5.74, 6) is -1.97. The van der Waals surface area contributed by atoms with Crippen LogP contribution in [0, 0.1) is 11.7 Å². The molecular weight excluding hydrogens is 289 g/mol. The molecule has 0 spiro atoms. The smallest absolute Gasteiger partial charge is 0.308 e. The van der Waals surface area contributed by atoms with Gasteiger partial charge in [-0.15, -0.1) is 0 Å². The van der Waals surface area contributed by atoms with E-state index in [-0.39, 0.29) is 0 Å². The van der Waals surface area contributed by atoms with Gasteiger partial charge >= 0.3 is 5.97 Å². The molecular formula is C12H15BrFNO2. The highest BCUT2D eigenvalue weighted by Crippen LogP contribution is 2.29. The largest absolute Gasteiger partial charge is 0.481 e. The van der Waals surface area contributed by atoms with Gasteiger partial charge < -0.3 is 10.4 Å². The van der Waals surface area contributed by atoms with Crippen LogP contribution in [-0.4, -0.2) is 18.1 Å². The third kappa shape index (κ3) is 3.26. The molecule has 0 saturated heterocycles. The molecule has 0 fully saturated rings. The molecule has 0 aromatic heterocycles. The van der Waals surface area contributed by atoms with Gasteiger partial charge in [-0.2, -0.15) is 0 Å². The zero-order chi connectivity index (χ0) is 13.0. The summed E-state index contributed by atoms with van der Waals surface area (Å²) in [6, 6.07) is 4.00. The second kappa shape index (κ2) is 6.12. The van der Waals surface area contributed by atoms with Crippen LogP contribution in [0.25, 0.3) is 0 Å². The third-order valence-electron chi connectivity index (χ3n) is 2.76. The van der Waals surface area contributed by atoms with Gasteiger partial charge in [-0.05, 0) is 31.7 Å². The Hall–Kier alpha value is -0.940. The van der Waals surface area contributed by atoms with Crippen LogP contribution < -0.4 is 5.32 Å². The van der Waals surface area contributed by atoms with Crippen molar-refractivity contribution in [3.8, 4) is 0 Å². The standard InChI is InChI=1S/C12H15BrFNO2/c1-3-8(12(16)17)11(15-2)9-6-7(13)4-5-10(9)14/h4-6,8,11,15H,3H2,1-2H3,(H,16,17). The van der Waals surface area contributed by atoms with E-state index in [9.17, 15) is 9.18 Å². The topological polar surface area (TPSA) is 49.3 Å². The second-order valence-corrected chi connectivity index (χ2v) is 4.70. The number of halogens is 2. The number of rotatable bonds is 5. The minimum atomic E-state index is -0.925. The minimum absolute atomic E-state index is 0.371. The Morgan fingerprint density at radius 3 is 2.71 bits per heavy atom. The first kappa shape index (κ1) is 14.1.